The second kappa shape index (κ2) is 6.40. The molecule has 0 heterocycles. The zero-order valence-electron chi connectivity index (χ0n) is 16.0. The van der Waals surface area contributed by atoms with Gasteiger partial charge in [-0.15, -0.1) is 0 Å². The van der Waals surface area contributed by atoms with Crippen molar-refractivity contribution < 1.29 is 14.3 Å². The van der Waals surface area contributed by atoms with Gasteiger partial charge in [-0.3, -0.25) is 4.79 Å². The van der Waals surface area contributed by atoms with Crippen molar-refractivity contribution in [2.24, 2.45) is 17.8 Å². The van der Waals surface area contributed by atoms with E-state index in [4.69, 9.17) is 4.74 Å². The molecule has 4 aliphatic rings. The Labute approximate surface area is 155 Å². The van der Waals surface area contributed by atoms with E-state index in [1.54, 1.807) is 13.0 Å². The van der Waals surface area contributed by atoms with Crippen molar-refractivity contribution in [3.8, 4) is 0 Å². The number of hydrogen-bond donors (Lipinski definition) is 1. The van der Waals surface area contributed by atoms with Crippen LogP contribution in [0.15, 0.2) is 18.2 Å². The van der Waals surface area contributed by atoms with Gasteiger partial charge in [0.2, 0.25) is 0 Å². The first-order valence-corrected chi connectivity index (χ1v) is 9.94. The molecule has 1 aromatic carbocycles. The van der Waals surface area contributed by atoms with Crippen LogP contribution in [-0.4, -0.2) is 23.5 Å². The molecule has 4 heteroatoms. The van der Waals surface area contributed by atoms with E-state index in [-0.39, 0.29) is 11.4 Å². The molecule has 4 fully saturated rings. The fraction of sp³-hybridized carbons (Fsp3) is 0.636. The highest BCUT2D eigenvalue weighted by Crippen LogP contribution is 2.55. The van der Waals surface area contributed by atoms with Gasteiger partial charge in [0.05, 0.1) is 5.56 Å². The van der Waals surface area contributed by atoms with Crippen molar-refractivity contribution in [1.82, 2.24) is 5.32 Å². The Balaban J connectivity index is 1.41. The SMILES string of the molecule is Cc1cccc(C(=O)O[C@H](C)C(=O)NC23CC4CC(CC(C4)C2)C3)c1C. The van der Waals surface area contributed by atoms with Crippen LogP contribution in [0.25, 0.3) is 0 Å². The number of benzene rings is 1. The summed E-state index contributed by atoms with van der Waals surface area (Å²) >= 11 is 0. The minimum atomic E-state index is -0.768. The largest absolute Gasteiger partial charge is 0.449 e. The van der Waals surface area contributed by atoms with Crippen LogP contribution in [0.2, 0.25) is 0 Å². The van der Waals surface area contributed by atoms with E-state index in [1.807, 2.05) is 26.0 Å². The number of rotatable bonds is 4. The molecule has 4 aliphatic carbocycles. The Bertz CT molecular complexity index is 704. The van der Waals surface area contributed by atoms with E-state index < -0.39 is 12.1 Å². The van der Waals surface area contributed by atoms with Crippen LogP contribution in [-0.2, 0) is 9.53 Å². The number of nitrogens with one attached hydrogen (secondary N) is 1. The molecule has 26 heavy (non-hydrogen) atoms. The van der Waals surface area contributed by atoms with Crippen LogP contribution < -0.4 is 5.32 Å². The average Bonchev–Trinajstić information content (AvgIpc) is 2.55. The van der Waals surface area contributed by atoms with E-state index in [2.05, 4.69) is 5.32 Å². The van der Waals surface area contributed by atoms with E-state index in [0.717, 1.165) is 48.1 Å². The van der Waals surface area contributed by atoms with E-state index >= 15 is 0 Å². The monoisotopic (exact) mass is 355 g/mol. The van der Waals surface area contributed by atoms with Crippen molar-refractivity contribution in [2.75, 3.05) is 0 Å². The van der Waals surface area contributed by atoms with Gasteiger partial charge in [-0.05, 0) is 94.2 Å². The molecule has 0 radical (unpaired) electrons. The van der Waals surface area contributed by atoms with E-state index in [9.17, 15) is 9.59 Å². The van der Waals surface area contributed by atoms with E-state index in [0.29, 0.717) is 5.56 Å². The first kappa shape index (κ1) is 17.6. The molecule has 0 aromatic heterocycles. The Morgan fingerprint density at radius 3 is 2.23 bits per heavy atom. The number of carbonyl (C=O) groups is 2. The summed E-state index contributed by atoms with van der Waals surface area (Å²) < 4.78 is 5.50. The molecule has 0 spiro atoms. The normalized spacial score (nSPS) is 33.0. The maximum absolute atomic E-state index is 12.8. The van der Waals surface area contributed by atoms with Gasteiger partial charge >= 0.3 is 5.97 Å². The molecule has 4 saturated carbocycles. The lowest BCUT2D eigenvalue weighted by Crippen LogP contribution is -2.61. The summed E-state index contributed by atoms with van der Waals surface area (Å²) in [5.74, 6) is 1.75. The summed E-state index contributed by atoms with van der Waals surface area (Å²) in [5.41, 5.74) is 2.45. The predicted octanol–water partition coefficient (Wildman–Crippen LogP) is 3.93. The smallest absolute Gasteiger partial charge is 0.339 e. The van der Waals surface area contributed by atoms with Crippen LogP contribution in [0.1, 0.15) is 66.9 Å². The molecule has 140 valence electrons. The van der Waals surface area contributed by atoms with Gasteiger partial charge in [0, 0.05) is 5.54 Å². The molecule has 1 amide bonds. The van der Waals surface area contributed by atoms with Crippen molar-refractivity contribution >= 4 is 11.9 Å². The van der Waals surface area contributed by atoms with Crippen molar-refractivity contribution in [2.45, 2.75) is 70.9 Å². The average molecular weight is 355 g/mol. The molecule has 1 aromatic rings. The van der Waals surface area contributed by atoms with Crippen LogP contribution in [0.4, 0.5) is 0 Å². The maximum Gasteiger partial charge on any atom is 0.339 e. The minimum Gasteiger partial charge on any atom is -0.449 e. The second-order valence-corrected chi connectivity index (χ2v) is 8.98. The molecule has 5 rings (SSSR count). The van der Waals surface area contributed by atoms with Crippen LogP contribution >= 0.6 is 0 Å². The van der Waals surface area contributed by atoms with Gasteiger partial charge in [0.25, 0.3) is 5.91 Å². The van der Waals surface area contributed by atoms with Crippen LogP contribution in [0.5, 0.6) is 0 Å². The minimum absolute atomic E-state index is 0.0498. The highest BCUT2D eigenvalue weighted by molar-refractivity contribution is 5.93. The third kappa shape index (κ3) is 3.15. The van der Waals surface area contributed by atoms with Crippen molar-refractivity contribution in [3.63, 3.8) is 0 Å². The van der Waals surface area contributed by atoms with Gasteiger partial charge in [0.15, 0.2) is 6.10 Å². The highest BCUT2D eigenvalue weighted by atomic mass is 16.5. The summed E-state index contributed by atoms with van der Waals surface area (Å²) in [6.45, 7) is 5.56. The Morgan fingerprint density at radius 1 is 1.08 bits per heavy atom. The Morgan fingerprint density at radius 2 is 1.65 bits per heavy atom. The molecule has 1 N–H and O–H groups in total. The Hall–Kier alpha value is -1.84. The lowest BCUT2D eigenvalue weighted by Gasteiger charge is -2.57. The van der Waals surface area contributed by atoms with Gasteiger partial charge in [-0.25, -0.2) is 4.79 Å². The second-order valence-electron chi connectivity index (χ2n) is 8.98. The number of hydrogen-bond acceptors (Lipinski definition) is 3. The lowest BCUT2D eigenvalue weighted by molar-refractivity contribution is -0.134. The molecule has 4 bridgehead atoms. The summed E-state index contributed by atoms with van der Waals surface area (Å²) in [4.78, 5) is 25.3. The molecule has 4 nitrogen and oxygen atoms in total. The lowest BCUT2D eigenvalue weighted by atomic mass is 9.53. The number of ether oxygens (including phenoxy) is 1. The fourth-order valence-corrected chi connectivity index (χ4v) is 5.88. The highest BCUT2D eigenvalue weighted by Gasteiger charge is 2.51. The number of aryl methyl sites for hydroxylation is 1. The van der Waals surface area contributed by atoms with Crippen molar-refractivity contribution in [3.05, 3.63) is 34.9 Å². The number of carbonyl (C=O) groups excluding carboxylic acids is 2. The Kier molecular flexibility index (Phi) is 4.32. The van der Waals surface area contributed by atoms with E-state index in [1.165, 1.54) is 19.3 Å². The summed E-state index contributed by atoms with van der Waals surface area (Å²) in [5, 5.41) is 3.29. The van der Waals surface area contributed by atoms with Gasteiger partial charge in [-0.2, -0.15) is 0 Å². The third-order valence-electron chi connectivity index (χ3n) is 6.90. The maximum atomic E-state index is 12.8. The zero-order chi connectivity index (χ0) is 18.5. The molecule has 1 atom stereocenters. The number of amides is 1. The summed E-state index contributed by atoms with van der Waals surface area (Å²) in [6, 6.07) is 5.57. The van der Waals surface area contributed by atoms with Gasteiger partial charge in [-0.1, -0.05) is 12.1 Å². The molecule has 0 unspecified atom stereocenters. The molecular weight excluding hydrogens is 326 g/mol. The first-order valence-electron chi connectivity index (χ1n) is 9.94. The van der Waals surface area contributed by atoms with Crippen LogP contribution in [0, 0.1) is 31.6 Å². The zero-order valence-corrected chi connectivity index (χ0v) is 16.0. The molecular formula is C22H29NO3. The van der Waals surface area contributed by atoms with Crippen molar-refractivity contribution in [1.29, 1.82) is 0 Å². The molecule has 0 aliphatic heterocycles. The van der Waals surface area contributed by atoms with Gasteiger partial charge < -0.3 is 10.1 Å². The standard InChI is InChI=1S/C22H29NO3/c1-13-5-4-6-19(14(13)2)21(25)26-15(3)20(24)23-22-10-16-7-17(11-22)9-18(8-16)12-22/h4-6,15-18H,7-12H2,1-3H3,(H,23,24)/t15-,16?,17?,18?,22?/m1/s1. The topological polar surface area (TPSA) is 55.4 Å². The predicted molar refractivity (Wildman–Crippen MR) is 99.8 cm³/mol. The van der Waals surface area contributed by atoms with Gasteiger partial charge in [0.1, 0.15) is 0 Å². The fourth-order valence-electron chi connectivity index (χ4n) is 5.88. The summed E-state index contributed by atoms with van der Waals surface area (Å²) in [7, 11) is 0. The van der Waals surface area contributed by atoms with Crippen LogP contribution in [0.3, 0.4) is 0 Å². The third-order valence-corrected chi connectivity index (χ3v) is 6.90. The number of esters is 1. The summed E-state index contributed by atoms with van der Waals surface area (Å²) in [6.07, 6.45) is 6.55. The molecule has 0 saturated heterocycles. The quantitative estimate of drug-likeness (QED) is 0.833. The first-order chi connectivity index (χ1) is 12.3.